The van der Waals surface area contributed by atoms with Crippen LogP contribution in [0.2, 0.25) is 5.15 Å². The summed E-state index contributed by atoms with van der Waals surface area (Å²) in [4.78, 5) is 28.3. The number of nitrogens with zero attached hydrogens (tertiary/aromatic N) is 2. The minimum Gasteiger partial charge on any atom is -0.462 e. The normalized spacial score (nSPS) is 10.0. The Balaban J connectivity index is 2.35. The summed E-state index contributed by atoms with van der Waals surface area (Å²) in [6, 6.07) is 5.09. The van der Waals surface area contributed by atoms with Gasteiger partial charge in [-0.15, -0.1) is 11.3 Å². The highest BCUT2D eigenvalue weighted by molar-refractivity contribution is 7.18. The highest BCUT2D eigenvalue weighted by Gasteiger charge is 2.23. The lowest BCUT2D eigenvalue weighted by molar-refractivity contribution is 0.0531. The number of hydrogen-bond donors (Lipinski definition) is 1. The number of rotatable bonds is 4. The third-order valence-electron chi connectivity index (χ3n) is 2.95. The Morgan fingerprint density at radius 1 is 1.52 bits per heavy atom. The van der Waals surface area contributed by atoms with E-state index in [2.05, 4.69) is 10.3 Å². The Morgan fingerprint density at radius 2 is 2.26 bits per heavy atom. The van der Waals surface area contributed by atoms with Crippen LogP contribution in [0.4, 0.5) is 5.00 Å². The van der Waals surface area contributed by atoms with E-state index in [1.165, 1.54) is 12.3 Å². The third kappa shape index (κ3) is 3.50. The number of pyridine rings is 1. The van der Waals surface area contributed by atoms with Crippen LogP contribution in [0.1, 0.15) is 38.1 Å². The zero-order valence-electron chi connectivity index (χ0n) is 12.3. The number of nitriles is 1. The molecule has 0 fully saturated rings. The number of amides is 1. The van der Waals surface area contributed by atoms with E-state index in [9.17, 15) is 14.9 Å². The van der Waals surface area contributed by atoms with Gasteiger partial charge < -0.3 is 10.1 Å². The van der Waals surface area contributed by atoms with Crippen molar-refractivity contribution in [3.8, 4) is 6.07 Å². The SMILES string of the molecule is CCOC(=O)c1sc(NC(=O)c2cccnc2Cl)c(C#N)c1C. The quantitative estimate of drug-likeness (QED) is 0.674. The van der Waals surface area contributed by atoms with Crippen LogP contribution in [0, 0.1) is 18.3 Å². The van der Waals surface area contributed by atoms with Crippen molar-refractivity contribution in [1.82, 2.24) is 4.98 Å². The van der Waals surface area contributed by atoms with E-state index in [0.717, 1.165) is 11.3 Å². The Morgan fingerprint density at radius 3 is 2.87 bits per heavy atom. The fourth-order valence-electron chi connectivity index (χ4n) is 1.85. The van der Waals surface area contributed by atoms with E-state index in [-0.39, 0.29) is 32.8 Å². The van der Waals surface area contributed by atoms with Gasteiger partial charge >= 0.3 is 5.97 Å². The van der Waals surface area contributed by atoms with Crippen LogP contribution >= 0.6 is 22.9 Å². The van der Waals surface area contributed by atoms with Crippen LogP contribution in [0.15, 0.2) is 18.3 Å². The lowest BCUT2D eigenvalue weighted by Gasteiger charge is -2.04. The first-order valence-electron chi connectivity index (χ1n) is 6.62. The molecule has 0 atom stereocenters. The Hall–Kier alpha value is -2.43. The summed E-state index contributed by atoms with van der Waals surface area (Å²) in [6.07, 6.45) is 1.47. The number of carbonyl (C=O) groups is 2. The van der Waals surface area contributed by atoms with Crippen molar-refractivity contribution in [3.05, 3.63) is 45.1 Å². The van der Waals surface area contributed by atoms with Gasteiger partial charge in [-0.1, -0.05) is 11.6 Å². The fraction of sp³-hybridized carbons (Fsp3) is 0.200. The first-order chi connectivity index (χ1) is 11.0. The molecular weight excluding hydrogens is 338 g/mol. The molecule has 0 aliphatic rings. The van der Waals surface area contributed by atoms with E-state index < -0.39 is 11.9 Å². The van der Waals surface area contributed by atoms with E-state index in [4.69, 9.17) is 16.3 Å². The number of hydrogen-bond acceptors (Lipinski definition) is 6. The molecule has 23 heavy (non-hydrogen) atoms. The highest BCUT2D eigenvalue weighted by atomic mass is 35.5. The molecule has 0 bridgehead atoms. The number of esters is 1. The largest absolute Gasteiger partial charge is 0.462 e. The number of ether oxygens (including phenoxy) is 1. The van der Waals surface area contributed by atoms with Crippen molar-refractivity contribution < 1.29 is 14.3 Å². The summed E-state index contributed by atoms with van der Waals surface area (Å²) in [7, 11) is 0. The predicted molar refractivity (Wildman–Crippen MR) is 86.9 cm³/mol. The summed E-state index contributed by atoms with van der Waals surface area (Å²) >= 11 is 6.87. The van der Waals surface area contributed by atoms with Gasteiger partial charge in [-0.3, -0.25) is 4.79 Å². The van der Waals surface area contributed by atoms with Crippen LogP contribution in [-0.4, -0.2) is 23.5 Å². The van der Waals surface area contributed by atoms with Gasteiger partial charge in [0.15, 0.2) is 0 Å². The number of thiophene rings is 1. The number of anilines is 1. The monoisotopic (exact) mass is 349 g/mol. The maximum absolute atomic E-state index is 12.3. The van der Waals surface area contributed by atoms with E-state index in [1.54, 1.807) is 19.9 Å². The topological polar surface area (TPSA) is 92.1 Å². The molecular formula is C15H12ClN3O3S. The van der Waals surface area contributed by atoms with Crippen molar-refractivity contribution in [3.63, 3.8) is 0 Å². The Kier molecular flexibility index (Phi) is 5.32. The second-order valence-electron chi connectivity index (χ2n) is 4.39. The minimum atomic E-state index is -0.522. The number of aromatic nitrogens is 1. The number of carbonyl (C=O) groups excluding carboxylic acids is 2. The molecule has 2 aromatic rings. The zero-order chi connectivity index (χ0) is 17.0. The fourth-order valence-corrected chi connectivity index (χ4v) is 3.10. The van der Waals surface area contributed by atoms with E-state index in [1.807, 2.05) is 6.07 Å². The van der Waals surface area contributed by atoms with Crippen LogP contribution < -0.4 is 5.32 Å². The molecule has 8 heteroatoms. The second kappa shape index (κ2) is 7.22. The predicted octanol–water partition coefficient (Wildman–Crippen LogP) is 3.41. The van der Waals surface area contributed by atoms with Crippen LogP contribution in [0.3, 0.4) is 0 Å². The molecule has 0 aliphatic heterocycles. The average Bonchev–Trinajstić information content (AvgIpc) is 2.83. The Labute approximate surface area is 141 Å². The maximum Gasteiger partial charge on any atom is 0.348 e. The third-order valence-corrected chi connectivity index (χ3v) is 4.44. The molecule has 0 aliphatic carbocycles. The molecule has 1 amide bonds. The van der Waals surface area contributed by atoms with E-state index in [0.29, 0.717) is 5.56 Å². The van der Waals surface area contributed by atoms with Crippen molar-refractivity contribution in [1.29, 1.82) is 5.26 Å². The molecule has 0 spiro atoms. The maximum atomic E-state index is 12.3. The van der Waals surface area contributed by atoms with Gasteiger partial charge in [0.2, 0.25) is 0 Å². The summed E-state index contributed by atoms with van der Waals surface area (Å²) in [6.45, 7) is 3.55. The lowest BCUT2D eigenvalue weighted by atomic mass is 10.1. The standard InChI is InChI=1S/C15H12ClN3O3S/c1-3-22-15(21)11-8(2)10(7-17)14(23-11)19-13(20)9-5-4-6-18-12(9)16/h4-6H,3H2,1-2H3,(H,19,20). The van der Waals surface area contributed by atoms with E-state index >= 15 is 0 Å². The van der Waals surface area contributed by atoms with Crippen molar-refractivity contribution in [2.45, 2.75) is 13.8 Å². The molecule has 0 aromatic carbocycles. The highest BCUT2D eigenvalue weighted by Crippen LogP contribution is 2.33. The van der Waals surface area contributed by atoms with Crippen molar-refractivity contribution >= 4 is 39.8 Å². The summed E-state index contributed by atoms with van der Waals surface area (Å²) < 4.78 is 4.95. The van der Waals surface area contributed by atoms with Gasteiger partial charge in [0.25, 0.3) is 5.91 Å². The van der Waals surface area contributed by atoms with Gasteiger partial charge in [0, 0.05) is 6.20 Å². The average molecular weight is 350 g/mol. The second-order valence-corrected chi connectivity index (χ2v) is 5.77. The zero-order valence-corrected chi connectivity index (χ0v) is 13.9. The molecule has 118 valence electrons. The van der Waals surface area contributed by atoms with Crippen molar-refractivity contribution in [2.24, 2.45) is 0 Å². The molecule has 2 heterocycles. The molecule has 0 unspecified atom stereocenters. The smallest absolute Gasteiger partial charge is 0.348 e. The van der Waals surface area contributed by atoms with Gasteiger partial charge in [-0.25, -0.2) is 9.78 Å². The lowest BCUT2D eigenvalue weighted by Crippen LogP contribution is -2.12. The van der Waals surface area contributed by atoms with Gasteiger partial charge in [0.1, 0.15) is 21.1 Å². The number of nitrogens with one attached hydrogen (secondary N) is 1. The molecule has 1 N–H and O–H groups in total. The molecule has 6 nitrogen and oxygen atoms in total. The molecule has 2 rings (SSSR count). The van der Waals surface area contributed by atoms with Crippen molar-refractivity contribution in [2.75, 3.05) is 11.9 Å². The van der Waals surface area contributed by atoms with Gasteiger partial charge in [0.05, 0.1) is 17.7 Å². The summed E-state index contributed by atoms with van der Waals surface area (Å²) in [5.74, 6) is -1.03. The molecule has 0 radical (unpaired) electrons. The van der Waals surface area contributed by atoms with Crippen LogP contribution in [0.5, 0.6) is 0 Å². The molecule has 2 aromatic heterocycles. The number of halogens is 1. The van der Waals surface area contributed by atoms with Gasteiger partial charge in [-0.05, 0) is 31.5 Å². The summed E-state index contributed by atoms with van der Waals surface area (Å²) in [5.41, 5.74) is 0.886. The molecule has 0 saturated carbocycles. The van der Waals surface area contributed by atoms with Gasteiger partial charge in [-0.2, -0.15) is 5.26 Å². The summed E-state index contributed by atoms with van der Waals surface area (Å²) in [5, 5.41) is 12.2. The first kappa shape index (κ1) is 16.9. The molecule has 0 saturated heterocycles. The van der Waals surface area contributed by atoms with Crippen LogP contribution in [0.25, 0.3) is 0 Å². The Bertz CT molecular complexity index is 811. The first-order valence-corrected chi connectivity index (χ1v) is 7.81. The van der Waals surface area contributed by atoms with Crippen LogP contribution in [-0.2, 0) is 4.74 Å². The minimum absolute atomic E-state index is 0.0578.